The maximum Gasteiger partial charge on any atom is 0.253 e. The van der Waals surface area contributed by atoms with Crippen molar-refractivity contribution < 1.29 is 4.79 Å². The molecule has 2 aromatic rings. The van der Waals surface area contributed by atoms with Crippen molar-refractivity contribution in [2.24, 2.45) is 0 Å². The van der Waals surface area contributed by atoms with Crippen LogP contribution in [0.5, 0.6) is 0 Å². The number of aromatic nitrogens is 1. The molecule has 4 heteroatoms. The molecule has 24 heavy (non-hydrogen) atoms. The second-order valence-electron chi connectivity index (χ2n) is 6.88. The summed E-state index contributed by atoms with van der Waals surface area (Å²) in [7, 11) is 0. The van der Waals surface area contributed by atoms with Gasteiger partial charge in [-0.2, -0.15) is 0 Å². The van der Waals surface area contributed by atoms with Crippen molar-refractivity contribution in [3.05, 3.63) is 45.7 Å². The Balaban J connectivity index is 1.93. The highest BCUT2D eigenvalue weighted by molar-refractivity contribution is 5.80. The molecule has 4 nitrogen and oxygen atoms in total. The van der Waals surface area contributed by atoms with Gasteiger partial charge in [-0.15, -0.1) is 0 Å². The zero-order chi connectivity index (χ0) is 17.1. The van der Waals surface area contributed by atoms with Gasteiger partial charge in [0.2, 0.25) is 5.91 Å². The van der Waals surface area contributed by atoms with Crippen LogP contribution in [0.4, 0.5) is 0 Å². The van der Waals surface area contributed by atoms with Crippen LogP contribution in [0, 0.1) is 6.92 Å². The number of rotatable bonds is 4. The van der Waals surface area contributed by atoms with Crippen LogP contribution >= 0.6 is 0 Å². The van der Waals surface area contributed by atoms with Gasteiger partial charge in [-0.05, 0) is 43.4 Å². The third kappa shape index (κ3) is 3.53. The summed E-state index contributed by atoms with van der Waals surface area (Å²) in [5.41, 5.74) is 2.60. The van der Waals surface area contributed by atoms with E-state index < -0.39 is 0 Å². The first kappa shape index (κ1) is 16.7. The summed E-state index contributed by atoms with van der Waals surface area (Å²) in [6.07, 6.45) is 6.19. The molecular formula is C20H26N2O2. The number of fused-ring (bicyclic) bond motifs is 1. The number of carbonyl (C=O) groups is 1. The van der Waals surface area contributed by atoms with Crippen LogP contribution in [0.1, 0.15) is 56.6 Å². The van der Waals surface area contributed by atoms with Crippen molar-refractivity contribution in [3.63, 3.8) is 0 Å². The van der Waals surface area contributed by atoms with Crippen molar-refractivity contribution in [2.75, 3.05) is 0 Å². The van der Waals surface area contributed by atoms with E-state index in [4.69, 9.17) is 0 Å². The van der Waals surface area contributed by atoms with E-state index in [0.717, 1.165) is 29.3 Å². The van der Waals surface area contributed by atoms with Gasteiger partial charge in [-0.1, -0.05) is 37.8 Å². The average Bonchev–Trinajstić information content (AvgIpc) is 2.60. The number of nitrogens with zero attached hydrogens (tertiary/aromatic N) is 1. The molecule has 0 radical (unpaired) electrons. The summed E-state index contributed by atoms with van der Waals surface area (Å²) in [6.45, 7) is 4.35. The van der Waals surface area contributed by atoms with Crippen molar-refractivity contribution >= 4 is 16.8 Å². The number of hydrogen-bond donors (Lipinski definition) is 1. The fourth-order valence-corrected chi connectivity index (χ4v) is 3.69. The fraction of sp³-hybridized carbons (Fsp3) is 0.500. The van der Waals surface area contributed by atoms with Crippen LogP contribution in [0.25, 0.3) is 10.9 Å². The molecule has 3 rings (SSSR count). The lowest BCUT2D eigenvalue weighted by molar-refractivity contribution is -0.134. The fourth-order valence-electron chi connectivity index (χ4n) is 3.69. The van der Waals surface area contributed by atoms with E-state index in [-0.39, 0.29) is 17.5 Å². The number of pyridine rings is 1. The van der Waals surface area contributed by atoms with Gasteiger partial charge >= 0.3 is 0 Å². The Hall–Kier alpha value is -2.10. The molecule has 0 atom stereocenters. The number of aryl methyl sites for hydroxylation is 1. The number of carbonyl (C=O) groups excluding carboxylic acids is 1. The van der Waals surface area contributed by atoms with Crippen LogP contribution in [0.2, 0.25) is 0 Å². The van der Waals surface area contributed by atoms with E-state index >= 15 is 0 Å². The van der Waals surface area contributed by atoms with Gasteiger partial charge in [0.05, 0.1) is 6.54 Å². The van der Waals surface area contributed by atoms with Crippen molar-refractivity contribution in [1.29, 1.82) is 0 Å². The number of benzene rings is 1. The quantitative estimate of drug-likeness (QED) is 0.926. The molecule has 1 aromatic carbocycles. The van der Waals surface area contributed by atoms with E-state index in [1.54, 1.807) is 0 Å². The summed E-state index contributed by atoms with van der Waals surface area (Å²) in [5, 5.41) is 1.03. The number of amides is 1. The van der Waals surface area contributed by atoms with Gasteiger partial charge in [0.25, 0.3) is 5.56 Å². The summed E-state index contributed by atoms with van der Waals surface area (Å²) >= 11 is 0. The Morgan fingerprint density at radius 2 is 1.96 bits per heavy atom. The minimum absolute atomic E-state index is 0.0870. The van der Waals surface area contributed by atoms with Gasteiger partial charge < -0.3 is 9.88 Å². The van der Waals surface area contributed by atoms with Crippen LogP contribution in [0.3, 0.4) is 0 Å². The van der Waals surface area contributed by atoms with E-state index in [9.17, 15) is 9.59 Å². The molecule has 1 fully saturated rings. The van der Waals surface area contributed by atoms with Crippen LogP contribution in [-0.4, -0.2) is 21.8 Å². The van der Waals surface area contributed by atoms with Crippen molar-refractivity contribution in [3.8, 4) is 0 Å². The molecule has 1 aliphatic carbocycles. The molecule has 1 heterocycles. The number of aromatic amines is 1. The Morgan fingerprint density at radius 1 is 1.21 bits per heavy atom. The maximum absolute atomic E-state index is 12.5. The lowest BCUT2D eigenvalue weighted by Gasteiger charge is -2.34. The zero-order valence-electron chi connectivity index (χ0n) is 14.6. The minimum atomic E-state index is -0.0870. The summed E-state index contributed by atoms with van der Waals surface area (Å²) in [4.78, 5) is 29.8. The second-order valence-corrected chi connectivity index (χ2v) is 6.88. The molecule has 1 saturated carbocycles. The van der Waals surface area contributed by atoms with Gasteiger partial charge in [-0.25, -0.2) is 0 Å². The first-order valence-corrected chi connectivity index (χ1v) is 9.00. The Labute approximate surface area is 142 Å². The first-order chi connectivity index (χ1) is 11.6. The average molecular weight is 326 g/mol. The Morgan fingerprint density at radius 3 is 2.67 bits per heavy atom. The molecule has 1 aromatic heterocycles. The highest BCUT2D eigenvalue weighted by Crippen LogP contribution is 2.25. The van der Waals surface area contributed by atoms with E-state index in [0.29, 0.717) is 18.5 Å². The van der Waals surface area contributed by atoms with Gasteiger partial charge in [0, 0.05) is 23.5 Å². The van der Waals surface area contributed by atoms with E-state index in [1.165, 1.54) is 19.3 Å². The van der Waals surface area contributed by atoms with E-state index in [2.05, 4.69) is 11.1 Å². The smallest absolute Gasteiger partial charge is 0.253 e. The van der Waals surface area contributed by atoms with Gasteiger partial charge in [0.1, 0.15) is 0 Å². The topological polar surface area (TPSA) is 53.2 Å². The number of hydrogen-bond acceptors (Lipinski definition) is 2. The third-order valence-electron chi connectivity index (χ3n) is 5.06. The standard InChI is InChI=1S/C20H26N2O2/c1-3-19(23)22(17-7-5-4-6-8-17)13-16-12-15-11-14(2)9-10-18(15)21-20(16)24/h9-12,17H,3-8,13H2,1-2H3,(H,21,24). The maximum atomic E-state index is 12.5. The van der Waals surface area contributed by atoms with Gasteiger partial charge in [0.15, 0.2) is 0 Å². The first-order valence-electron chi connectivity index (χ1n) is 9.00. The van der Waals surface area contributed by atoms with Crippen LogP contribution < -0.4 is 5.56 Å². The lowest BCUT2D eigenvalue weighted by Crippen LogP contribution is -2.41. The second kappa shape index (κ2) is 7.20. The molecule has 1 N–H and O–H groups in total. The third-order valence-corrected chi connectivity index (χ3v) is 5.06. The molecule has 0 unspecified atom stereocenters. The van der Waals surface area contributed by atoms with Crippen LogP contribution in [-0.2, 0) is 11.3 Å². The molecule has 0 bridgehead atoms. The zero-order valence-corrected chi connectivity index (χ0v) is 14.6. The lowest BCUT2D eigenvalue weighted by atomic mass is 9.93. The van der Waals surface area contributed by atoms with E-state index in [1.807, 2.05) is 36.9 Å². The highest BCUT2D eigenvalue weighted by Gasteiger charge is 2.25. The summed E-state index contributed by atoms with van der Waals surface area (Å²) in [6, 6.07) is 8.22. The highest BCUT2D eigenvalue weighted by atomic mass is 16.2. The molecule has 0 saturated heterocycles. The number of H-pyrrole nitrogens is 1. The summed E-state index contributed by atoms with van der Waals surface area (Å²) in [5.74, 6) is 0.144. The van der Waals surface area contributed by atoms with Gasteiger partial charge in [-0.3, -0.25) is 9.59 Å². The molecule has 0 spiro atoms. The molecule has 1 amide bonds. The molecule has 0 aliphatic heterocycles. The van der Waals surface area contributed by atoms with Crippen molar-refractivity contribution in [1.82, 2.24) is 9.88 Å². The largest absolute Gasteiger partial charge is 0.335 e. The molecular weight excluding hydrogens is 300 g/mol. The Bertz CT molecular complexity index is 788. The minimum Gasteiger partial charge on any atom is -0.335 e. The van der Waals surface area contributed by atoms with Crippen molar-refractivity contribution in [2.45, 2.75) is 65.0 Å². The SMILES string of the molecule is CCC(=O)N(Cc1cc2cc(C)ccc2[nH]c1=O)C1CCCCC1. The monoisotopic (exact) mass is 326 g/mol. The predicted molar refractivity (Wildman–Crippen MR) is 97.0 cm³/mol. The normalized spacial score (nSPS) is 15.6. The summed E-state index contributed by atoms with van der Waals surface area (Å²) < 4.78 is 0. The molecule has 128 valence electrons. The number of nitrogens with one attached hydrogen (secondary N) is 1. The molecule has 1 aliphatic rings. The Kier molecular flexibility index (Phi) is 5.03. The predicted octanol–water partition coefficient (Wildman–Crippen LogP) is 3.91. The van der Waals surface area contributed by atoms with Crippen LogP contribution in [0.15, 0.2) is 29.1 Å².